The van der Waals surface area contributed by atoms with Gasteiger partial charge >= 0.3 is 0 Å². The van der Waals surface area contributed by atoms with Crippen LogP contribution in [0.25, 0.3) is 11.1 Å². The molecule has 0 bridgehead atoms. The Bertz CT molecular complexity index is 597. The average Bonchev–Trinajstić information content (AvgIpc) is 2.56. The first-order valence-corrected chi connectivity index (χ1v) is 7.11. The zero-order valence-electron chi connectivity index (χ0n) is 12.4. The highest BCUT2D eigenvalue weighted by Gasteiger charge is 2.22. The molecule has 2 aromatic rings. The van der Waals surface area contributed by atoms with Gasteiger partial charge in [-0.05, 0) is 23.6 Å². The minimum absolute atomic E-state index is 0.415. The minimum atomic E-state index is -0.907. The number of aliphatic hydroxyl groups is 1. The summed E-state index contributed by atoms with van der Waals surface area (Å²) in [6.07, 6.45) is -0.907. The first-order chi connectivity index (χ1) is 10.6. The number of hydrogen-bond donors (Lipinski definition) is 4. The van der Waals surface area contributed by atoms with Crippen molar-refractivity contribution in [3.8, 4) is 11.1 Å². The largest absolute Gasteiger partial charge is 0.391 e. The van der Waals surface area contributed by atoms with Crippen molar-refractivity contribution in [1.82, 2.24) is 10.8 Å². The van der Waals surface area contributed by atoms with E-state index in [2.05, 4.69) is 5.32 Å². The van der Waals surface area contributed by atoms with Crippen LogP contribution in [0.15, 0.2) is 54.6 Å². The molecule has 22 heavy (non-hydrogen) atoms. The van der Waals surface area contributed by atoms with Gasteiger partial charge in [-0.1, -0.05) is 54.6 Å². The molecule has 0 aliphatic rings. The van der Waals surface area contributed by atoms with E-state index >= 15 is 0 Å². The Labute approximate surface area is 129 Å². The Morgan fingerprint density at radius 2 is 1.64 bits per heavy atom. The van der Waals surface area contributed by atoms with Gasteiger partial charge < -0.3 is 5.11 Å². The van der Waals surface area contributed by atoms with Gasteiger partial charge in [0.25, 0.3) is 5.91 Å². The van der Waals surface area contributed by atoms with Gasteiger partial charge in [-0.15, -0.1) is 0 Å². The Morgan fingerprint density at radius 1 is 1.05 bits per heavy atom. The molecular weight excluding hydrogens is 280 g/mol. The summed E-state index contributed by atoms with van der Waals surface area (Å²) in [6.45, 7) is 1.91. The second-order valence-electron chi connectivity index (χ2n) is 5.14. The molecule has 0 spiro atoms. The Hall–Kier alpha value is -2.21. The molecule has 116 valence electrons. The van der Waals surface area contributed by atoms with E-state index < -0.39 is 18.1 Å². The maximum atomic E-state index is 11.4. The normalized spacial score (nSPS) is 13.4. The zero-order chi connectivity index (χ0) is 15.9. The first kappa shape index (κ1) is 16.2. The summed E-state index contributed by atoms with van der Waals surface area (Å²) in [7, 11) is 0. The number of rotatable bonds is 6. The second kappa shape index (κ2) is 7.70. The monoisotopic (exact) mass is 300 g/mol. The van der Waals surface area contributed by atoms with Gasteiger partial charge in [0.05, 0.1) is 6.10 Å². The third-order valence-electron chi connectivity index (χ3n) is 3.46. The van der Waals surface area contributed by atoms with Gasteiger partial charge in [0.2, 0.25) is 0 Å². The number of benzene rings is 2. The highest BCUT2D eigenvalue weighted by Crippen LogP contribution is 2.19. The van der Waals surface area contributed by atoms with E-state index in [9.17, 15) is 9.90 Å². The molecule has 0 radical (unpaired) electrons. The van der Waals surface area contributed by atoms with Gasteiger partial charge in [-0.25, -0.2) is 5.48 Å². The smallest absolute Gasteiger partial charge is 0.263 e. The summed E-state index contributed by atoms with van der Waals surface area (Å²) in [6, 6.07) is 17.1. The topological polar surface area (TPSA) is 81.6 Å². The van der Waals surface area contributed by atoms with Gasteiger partial charge in [-0.2, -0.15) is 0 Å². The van der Waals surface area contributed by atoms with Crippen LogP contribution < -0.4 is 10.8 Å². The Morgan fingerprint density at radius 3 is 2.18 bits per heavy atom. The summed E-state index contributed by atoms with van der Waals surface area (Å²) in [5.41, 5.74) is 4.79. The highest BCUT2D eigenvalue weighted by atomic mass is 16.5. The third kappa shape index (κ3) is 4.14. The van der Waals surface area contributed by atoms with Gasteiger partial charge in [0.15, 0.2) is 0 Å². The summed E-state index contributed by atoms with van der Waals surface area (Å²) < 4.78 is 0. The van der Waals surface area contributed by atoms with Crippen molar-refractivity contribution in [3.05, 3.63) is 60.2 Å². The minimum Gasteiger partial charge on any atom is -0.391 e. The van der Waals surface area contributed by atoms with E-state index in [1.165, 1.54) is 6.92 Å². The highest BCUT2D eigenvalue weighted by molar-refractivity contribution is 5.81. The van der Waals surface area contributed by atoms with Crippen molar-refractivity contribution in [1.29, 1.82) is 0 Å². The predicted octanol–water partition coefficient (Wildman–Crippen LogP) is 1.70. The van der Waals surface area contributed by atoms with Crippen LogP contribution in [0.5, 0.6) is 0 Å². The molecule has 0 fully saturated rings. The molecule has 2 rings (SSSR count). The van der Waals surface area contributed by atoms with Crippen molar-refractivity contribution < 1.29 is 15.1 Å². The molecule has 0 aromatic heterocycles. The molecule has 2 atom stereocenters. The van der Waals surface area contributed by atoms with Crippen molar-refractivity contribution in [3.63, 3.8) is 0 Å². The van der Waals surface area contributed by atoms with Crippen LogP contribution in [0.3, 0.4) is 0 Å². The number of aliphatic hydroxyl groups excluding tert-OH is 1. The molecule has 0 saturated carbocycles. The van der Waals surface area contributed by atoms with E-state index in [0.717, 1.165) is 16.7 Å². The number of hydroxylamine groups is 1. The first-order valence-electron chi connectivity index (χ1n) is 7.11. The maximum Gasteiger partial charge on any atom is 0.263 e. The molecule has 2 unspecified atom stereocenters. The third-order valence-corrected chi connectivity index (χ3v) is 3.46. The SMILES string of the molecule is CC(O)C(NCc1ccc(-c2ccccc2)cc1)C(=O)NO. The standard InChI is InChI=1S/C17H20N2O3/c1-12(20)16(17(21)19-22)18-11-13-7-9-15(10-8-13)14-5-3-2-4-6-14/h2-10,12,16,18,20,22H,11H2,1H3,(H,19,21). The molecular formula is C17H20N2O3. The molecule has 5 nitrogen and oxygen atoms in total. The number of carbonyl (C=O) groups excluding carboxylic acids is 1. The summed E-state index contributed by atoms with van der Waals surface area (Å²) >= 11 is 0. The predicted molar refractivity (Wildman–Crippen MR) is 84.1 cm³/mol. The van der Waals surface area contributed by atoms with Crippen molar-refractivity contribution in [2.75, 3.05) is 0 Å². The van der Waals surface area contributed by atoms with E-state index in [-0.39, 0.29) is 0 Å². The van der Waals surface area contributed by atoms with Crippen LogP contribution in [0, 0.1) is 0 Å². The van der Waals surface area contributed by atoms with Crippen LogP contribution in [0.2, 0.25) is 0 Å². The fraction of sp³-hybridized carbons (Fsp3) is 0.235. The van der Waals surface area contributed by atoms with E-state index in [1.54, 1.807) is 5.48 Å². The summed E-state index contributed by atoms with van der Waals surface area (Å²) in [5, 5.41) is 21.1. The molecule has 1 amide bonds. The fourth-order valence-corrected chi connectivity index (χ4v) is 2.23. The zero-order valence-corrected chi connectivity index (χ0v) is 12.4. The maximum absolute atomic E-state index is 11.4. The lowest BCUT2D eigenvalue weighted by molar-refractivity contribution is -0.133. The molecule has 2 aromatic carbocycles. The molecule has 4 N–H and O–H groups in total. The average molecular weight is 300 g/mol. The van der Waals surface area contributed by atoms with Crippen molar-refractivity contribution >= 4 is 5.91 Å². The van der Waals surface area contributed by atoms with Crippen LogP contribution in [-0.4, -0.2) is 28.4 Å². The van der Waals surface area contributed by atoms with Gasteiger partial charge in [0, 0.05) is 6.54 Å². The quantitative estimate of drug-likeness (QED) is 0.483. The summed E-state index contributed by atoms with van der Waals surface area (Å²) in [5.74, 6) is -0.657. The lowest BCUT2D eigenvalue weighted by Crippen LogP contribution is -2.49. The van der Waals surface area contributed by atoms with Crippen molar-refractivity contribution in [2.45, 2.75) is 25.6 Å². The lowest BCUT2D eigenvalue weighted by Gasteiger charge is -2.19. The van der Waals surface area contributed by atoms with E-state index in [0.29, 0.717) is 6.54 Å². The summed E-state index contributed by atoms with van der Waals surface area (Å²) in [4.78, 5) is 11.4. The lowest BCUT2D eigenvalue weighted by atomic mass is 10.0. The van der Waals surface area contributed by atoms with E-state index in [1.807, 2.05) is 54.6 Å². The van der Waals surface area contributed by atoms with Crippen LogP contribution in [0.1, 0.15) is 12.5 Å². The molecule has 0 heterocycles. The molecule has 0 saturated heterocycles. The molecule has 0 aliphatic heterocycles. The number of amides is 1. The van der Waals surface area contributed by atoms with Crippen molar-refractivity contribution in [2.24, 2.45) is 0 Å². The molecule has 5 heteroatoms. The van der Waals surface area contributed by atoms with Crippen LogP contribution >= 0.6 is 0 Å². The van der Waals surface area contributed by atoms with Crippen LogP contribution in [-0.2, 0) is 11.3 Å². The Balaban J connectivity index is 2.01. The van der Waals surface area contributed by atoms with Gasteiger partial charge in [0.1, 0.15) is 6.04 Å². The number of carbonyl (C=O) groups is 1. The van der Waals surface area contributed by atoms with Crippen LogP contribution in [0.4, 0.5) is 0 Å². The fourth-order valence-electron chi connectivity index (χ4n) is 2.23. The van der Waals surface area contributed by atoms with Gasteiger partial charge in [-0.3, -0.25) is 15.3 Å². The van der Waals surface area contributed by atoms with E-state index in [4.69, 9.17) is 5.21 Å². The second-order valence-corrected chi connectivity index (χ2v) is 5.14. The molecule has 0 aliphatic carbocycles. The number of hydrogen-bond acceptors (Lipinski definition) is 4. The number of nitrogens with one attached hydrogen (secondary N) is 2. The Kier molecular flexibility index (Phi) is 5.66.